The van der Waals surface area contributed by atoms with Crippen molar-refractivity contribution in [3.63, 3.8) is 0 Å². The van der Waals surface area contributed by atoms with Crippen LogP contribution in [0.2, 0.25) is 0 Å². The normalized spacial score (nSPS) is 14.3. The number of benzene rings is 1. The van der Waals surface area contributed by atoms with Gasteiger partial charge in [-0.05, 0) is 30.9 Å². The Bertz CT molecular complexity index is 490. The van der Waals surface area contributed by atoms with E-state index in [1.54, 1.807) is 6.92 Å². The van der Waals surface area contributed by atoms with Crippen LogP contribution in [0.5, 0.6) is 0 Å². The van der Waals surface area contributed by atoms with E-state index in [1.165, 1.54) is 23.9 Å². The Labute approximate surface area is 131 Å². The number of hydrogen-bond acceptors (Lipinski definition) is 3. The van der Waals surface area contributed by atoms with E-state index in [1.807, 2.05) is 6.26 Å². The van der Waals surface area contributed by atoms with Gasteiger partial charge < -0.3 is 15.7 Å². The van der Waals surface area contributed by atoms with Gasteiger partial charge in [0.25, 0.3) is 0 Å². The van der Waals surface area contributed by atoms with Crippen molar-refractivity contribution in [2.75, 3.05) is 18.6 Å². The molecule has 1 unspecified atom stereocenters. The molecule has 0 spiro atoms. The molecule has 4 nitrogen and oxygen atoms in total. The fraction of sp³-hybridized carbons (Fsp3) is 0.500. The molecule has 0 saturated carbocycles. The molecule has 0 heterocycles. The predicted molar refractivity (Wildman–Crippen MR) is 80.7 cm³/mol. The number of carbonyl (C=O) groups is 1. The van der Waals surface area contributed by atoms with Crippen LogP contribution in [0.25, 0.3) is 0 Å². The van der Waals surface area contributed by atoms with Gasteiger partial charge in [0.2, 0.25) is 0 Å². The maximum absolute atomic E-state index is 12.4. The van der Waals surface area contributed by atoms with Crippen LogP contribution in [0.3, 0.4) is 0 Å². The van der Waals surface area contributed by atoms with Crippen LogP contribution in [-0.2, 0) is 12.7 Å². The summed E-state index contributed by atoms with van der Waals surface area (Å²) in [7, 11) is 0. The number of carbonyl (C=O) groups excluding carboxylic acids is 1. The van der Waals surface area contributed by atoms with Crippen molar-refractivity contribution < 1.29 is 23.1 Å². The largest absolute Gasteiger partial charge is 0.416 e. The molecule has 0 aromatic heterocycles. The fourth-order valence-electron chi connectivity index (χ4n) is 1.69. The summed E-state index contributed by atoms with van der Waals surface area (Å²) >= 11 is 1.46. The summed E-state index contributed by atoms with van der Waals surface area (Å²) in [6.07, 6.45) is -2.52. The van der Waals surface area contributed by atoms with Crippen LogP contribution in [0.4, 0.5) is 18.0 Å². The average Bonchev–Trinajstić information content (AvgIpc) is 2.42. The van der Waals surface area contributed by atoms with Crippen LogP contribution in [-0.4, -0.2) is 35.3 Å². The van der Waals surface area contributed by atoms with E-state index in [0.29, 0.717) is 11.3 Å². The van der Waals surface area contributed by atoms with Crippen molar-refractivity contribution in [1.29, 1.82) is 0 Å². The van der Waals surface area contributed by atoms with Gasteiger partial charge in [0.1, 0.15) is 0 Å². The number of hydrogen-bond donors (Lipinski definition) is 3. The molecule has 1 atom stereocenters. The first-order chi connectivity index (χ1) is 10.1. The molecule has 3 N–H and O–H groups in total. The zero-order valence-corrected chi connectivity index (χ0v) is 13.1. The summed E-state index contributed by atoms with van der Waals surface area (Å²) in [5.41, 5.74) is -1.18. The highest BCUT2D eigenvalue weighted by atomic mass is 32.2. The molecule has 0 fully saturated rings. The SMILES string of the molecule is CSCC(C)(O)CNC(=O)NCc1ccc(C(F)(F)F)cc1. The molecule has 0 bridgehead atoms. The number of thioether (sulfide) groups is 1. The minimum atomic E-state index is -4.37. The van der Waals surface area contributed by atoms with Crippen LogP contribution >= 0.6 is 11.8 Å². The first-order valence-corrected chi connectivity index (χ1v) is 7.92. The maximum Gasteiger partial charge on any atom is 0.416 e. The molecular weight excluding hydrogens is 317 g/mol. The molecule has 1 rings (SSSR count). The number of urea groups is 1. The first-order valence-electron chi connectivity index (χ1n) is 6.53. The smallest absolute Gasteiger partial charge is 0.387 e. The van der Waals surface area contributed by atoms with Gasteiger partial charge in [0.15, 0.2) is 0 Å². The van der Waals surface area contributed by atoms with E-state index >= 15 is 0 Å². The minimum absolute atomic E-state index is 0.0900. The third kappa shape index (κ3) is 6.57. The molecule has 1 aromatic rings. The van der Waals surface area contributed by atoms with Crippen molar-refractivity contribution in [2.24, 2.45) is 0 Å². The van der Waals surface area contributed by atoms with E-state index in [9.17, 15) is 23.1 Å². The summed E-state index contributed by atoms with van der Waals surface area (Å²) < 4.78 is 37.2. The number of halogens is 3. The topological polar surface area (TPSA) is 61.4 Å². The van der Waals surface area contributed by atoms with E-state index in [2.05, 4.69) is 10.6 Å². The van der Waals surface area contributed by atoms with E-state index < -0.39 is 23.4 Å². The Balaban J connectivity index is 2.41. The molecule has 0 aliphatic heterocycles. The van der Waals surface area contributed by atoms with Gasteiger partial charge in [-0.3, -0.25) is 0 Å². The quantitative estimate of drug-likeness (QED) is 0.748. The maximum atomic E-state index is 12.4. The number of nitrogens with one attached hydrogen (secondary N) is 2. The van der Waals surface area contributed by atoms with Crippen molar-refractivity contribution in [1.82, 2.24) is 10.6 Å². The summed E-state index contributed by atoms with van der Waals surface area (Å²) in [6.45, 7) is 1.81. The monoisotopic (exact) mass is 336 g/mol. The molecule has 22 heavy (non-hydrogen) atoms. The first kappa shape index (κ1) is 18.6. The van der Waals surface area contributed by atoms with Gasteiger partial charge in [-0.2, -0.15) is 24.9 Å². The average molecular weight is 336 g/mol. The van der Waals surface area contributed by atoms with Crippen LogP contribution in [0, 0.1) is 0 Å². The Hall–Kier alpha value is -1.41. The Kier molecular flexibility index (Phi) is 6.55. The minimum Gasteiger partial charge on any atom is -0.387 e. The Morgan fingerprint density at radius 1 is 1.23 bits per heavy atom. The zero-order valence-electron chi connectivity index (χ0n) is 12.3. The lowest BCUT2D eigenvalue weighted by molar-refractivity contribution is -0.137. The summed E-state index contributed by atoms with van der Waals surface area (Å²) in [6, 6.07) is 4.08. The molecule has 0 aliphatic rings. The molecule has 1 aromatic carbocycles. The van der Waals surface area contributed by atoms with Gasteiger partial charge >= 0.3 is 12.2 Å². The Morgan fingerprint density at radius 2 is 1.82 bits per heavy atom. The highest BCUT2D eigenvalue weighted by Gasteiger charge is 2.29. The number of rotatable bonds is 6. The van der Waals surface area contributed by atoms with Crippen molar-refractivity contribution in [3.05, 3.63) is 35.4 Å². The molecule has 2 amide bonds. The van der Waals surface area contributed by atoms with Crippen molar-refractivity contribution in [2.45, 2.75) is 25.2 Å². The van der Waals surface area contributed by atoms with E-state index in [-0.39, 0.29) is 13.1 Å². The lowest BCUT2D eigenvalue weighted by Gasteiger charge is -2.22. The summed E-state index contributed by atoms with van der Waals surface area (Å²) in [5, 5.41) is 14.9. The van der Waals surface area contributed by atoms with Gasteiger partial charge in [-0.15, -0.1) is 0 Å². The molecular formula is C14H19F3N2O2S. The standard InChI is InChI=1S/C14H19F3N2O2S/c1-13(21,9-22-2)8-19-12(20)18-7-10-3-5-11(6-4-10)14(15,16)17/h3-6,21H,7-9H2,1-2H3,(H2,18,19,20). The lowest BCUT2D eigenvalue weighted by Crippen LogP contribution is -2.45. The highest BCUT2D eigenvalue weighted by Crippen LogP contribution is 2.28. The van der Waals surface area contributed by atoms with E-state index in [0.717, 1.165) is 12.1 Å². The molecule has 124 valence electrons. The van der Waals surface area contributed by atoms with Crippen molar-refractivity contribution in [3.8, 4) is 0 Å². The number of amides is 2. The van der Waals surface area contributed by atoms with Crippen LogP contribution < -0.4 is 10.6 Å². The predicted octanol–water partition coefficient (Wildman–Crippen LogP) is 2.62. The van der Waals surface area contributed by atoms with Crippen LogP contribution in [0.1, 0.15) is 18.1 Å². The second kappa shape index (κ2) is 7.73. The third-order valence-corrected chi connectivity index (χ3v) is 3.73. The summed E-state index contributed by atoms with van der Waals surface area (Å²) in [5.74, 6) is 0.478. The lowest BCUT2D eigenvalue weighted by atomic mass is 10.1. The second-order valence-electron chi connectivity index (χ2n) is 5.16. The van der Waals surface area contributed by atoms with E-state index in [4.69, 9.17) is 0 Å². The van der Waals surface area contributed by atoms with Gasteiger partial charge in [0.05, 0.1) is 11.2 Å². The van der Waals surface area contributed by atoms with Crippen LogP contribution in [0.15, 0.2) is 24.3 Å². The van der Waals surface area contributed by atoms with Gasteiger partial charge in [-0.25, -0.2) is 4.79 Å². The second-order valence-corrected chi connectivity index (χ2v) is 6.03. The molecule has 8 heteroatoms. The highest BCUT2D eigenvalue weighted by molar-refractivity contribution is 7.98. The summed E-state index contributed by atoms with van der Waals surface area (Å²) in [4.78, 5) is 11.6. The molecule has 0 radical (unpaired) electrons. The number of alkyl halides is 3. The molecule has 0 saturated heterocycles. The third-order valence-electron chi connectivity index (χ3n) is 2.82. The van der Waals surface area contributed by atoms with Gasteiger partial charge in [-0.1, -0.05) is 12.1 Å². The number of aliphatic hydroxyl groups is 1. The zero-order chi connectivity index (χ0) is 16.8. The molecule has 0 aliphatic carbocycles. The fourth-order valence-corrected chi connectivity index (χ4v) is 2.41. The van der Waals surface area contributed by atoms with Gasteiger partial charge in [0, 0.05) is 18.8 Å². The van der Waals surface area contributed by atoms with Crippen molar-refractivity contribution >= 4 is 17.8 Å². The Morgan fingerprint density at radius 3 is 2.32 bits per heavy atom.